The molecule has 2 rings (SSSR count). The van der Waals surface area contributed by atoms with Crippen molar-refractivity contribution in [1.82, 2.24) is 9.62 Å². The van der Waals surface area contributed by atoms with E-state index in [1.807, 2.05) is 13.8 Å². The Hall–Kier alpha value is -1.97. The van der Waals surface area contributed by atoms with Gasteiger partial charge in [0, 0.05) is 31.6 Å². The Bertz CT molecular complexity index is 753. The highest BCUT2D eigenvalue weighted by atomic mass is 32.2. The molecular formula is C18H26N2O6S. The van der Waals surface area contributed by atoms with Gasteiger partial charge >= 0.3 is 5.97 Å². The molecule has 1 aromatic rings. The van der Waals surface area contributed by atoms with Gasteiger partial charge in [-0.05, 0) is 44.5 Å². The van der Waals surface area contributed by atoms with Crippen molar-refractivity contribution < 1.29 is 27.5 Å². The van der Waals surface area contributed by atoms with Crippen LogP contribution in [0.15, 0.2) is 29.2 Å². The smallest absolute Gasteiger partial charge is 0.305 e. The third-order valence-electron chi connectivity index (χ3n) is 4.21. The number of carbonyl (C=O) groups is 2. The number of esters is 1. The Balaban J connectivity index is 1.97. The first-order valence-electron chi connectivity index (χ1n) is 8.84. The number of amides is 1. The van der Waals surface area contributed by atoms with E-state index in [1.54, 1.807) is 0 Å². The van der Waals surface area contributed by atoms with Gasteiger partial charge in [0.05, 0.1) is 24.2 Å². The highest BCUT2D eigenvalue weighted by Crippen LogP contribution is 2.21. The van der Waals surface area contributed by atoms with E-state index >= 15 is 0 Å². The van der Waals surface area contributed by atoms with Gasteiger partial charge < -0.3 is 14.8 Å². The molecule has 1 N–H and O–H groups in total. The van der Waals surface area contributed by atoms with Gasteiger partial charge in [-0.2, -0.15) is 4.31 Å². The lowest BCUT2D eigenvalue weighted by Crippen LogP contribution is -2.48. The number of hydrogen-bond donors (Lipinski definition) is 1. The normalized spacial score (nSPS) is 20.9. The average molecular weight is 398 g/mol. The maximum Gasteiger partial charge on any atom is 0.305 e. The van der Waals surface area contributed by atoms with E-state index in [9.17, 15) is 18.0 Å². The van der Waals surface area contributed by atoms with Crippen molar-refractivity contribution in [3.8, 4) is 0 Å². The fourth-order valence-electron chi connectivity index (χ4n) is 2.89. The lowest BCUT2D eigenvalue weighted by Gasteiger charge is -2.34. The number of methoxy groups -OCH3 is 1. The zero-order valence-corrected chi connectivity index (χ0v) is 16.6. The van der Waals surface area contributed by atoms with Crippen LogP contribution < -0.4 is 5.32 Å². The third-order valence-corrected chi connectivity index (χ3v) is 6.06. The minimum absolute atomic E-state index is 0.144. The van der Waals surface area contributed by atoms with Gasteiger partial charge in [-0.25, -0.2) is 8.42 Å². The molecule has 0 saturated carbocycles. The summed E-state index contributed by atoms with van der Waals surface area (Å²) < 4.78 is 37.1. The molecular weight excluding hydrogens is 372 g/mol. The summed E-state index contributed by atoms with van der Waals surface area (Å²) >= 11 is 0. The number of hydrogen-bond acceptors (Lipinski definition) is 6. The summed E-state index contributed by atoms with van der Waals surface area (Å²) in [6, 6.07) is 5.83. The van der Waals surface area contributed by atoms with Crippen LogP contribution in [0.4, 0.5) is 0 Å². The maximum absolute atomic E-state index is 12.8. The molecule has 1 aromatic carbocycles. The standard InChI is InChI=1S/C18H26N2O6S/c1-13-11-20(12-14(2)26-13)27(23,24)16-8-6-15(7-9-16)18(22)19-10-4-5-17(21)25-3/h6-9,13-14H,4-5,10-12H2,1-3H3,(H,19,22)/t13-,14+. The zero-order valence-electron chi connectivity index (χ0n) is 15.8. The summed E-state index contributed by atoms with van der Waals surface area (Å²) in [4.78, 5) is 23.3. The maximum atomic E-state index is 12.8. The largest absolute Gasteiger partial charge is 0.469 e. The van der Waals surface area contributed by atoms with Gasteiger partial charge in [0.2, 0.25) is 10.0 Å². The van der Waals surface area contributed by atoms with Crippen molar-refractivity contribution in [2.45, 2.75) is 43.8 Å². The third kappa shape index (κ3) is 5.75. The number of carbonyl (C=O) groups excluding carboxylic acids is 2. The van der Waals surface area contributed by atoms with Crippen LogP contribution >= 0.6 is 0 Å². The fraction of sp³-hybridized carbons (Fsp3) is 0.556. The minimum atomic E-state index is -3.63. The molecule has 0 aromatic heterocycles. The molecule has 2 atom stereocenters. The predicted octanol–water partition coefficient (Wildman–Crippen LogP) is 1.17. The van der Waals surface area contributed by atoms with Crippen LogP contribution in [0.2, 0.25) is 0 Å². The molecule has 9 heteroatoms. The van der Waals surface area contributed by atoms with Crippen LogP contribution in [0, 0.1) is 0 Å². The number of benzene rings is 1. The second kappa shape index (κ2) is 9.29. The van der Waals surface area contributed by atoms with Crippen LogP contribution in [-0.4, -0.2) is 63.6 Å². The molecule has 1 aliphatic rings. The summed E-state index contributed by atoms with van der Waals surface area (Å²) in [5, 5.41) is 2.69. The summed E-state index contributed by atoms with van der Waals surface area (Å²) in [5.74, 6) is -0.650. The van der Waals surface area contributed by atoms with Crippen molar-refractivity contribution >= 4 is 21.9 Å². The van der Waals surface area contributed by atoms with Crippen molar-refractivity contribution in [3.05, 3.63) is 29.8 Å². The van der Waals surface area contributed by atoms with Gasteiger partial charge in [0.25, 0.3) is 5.91 Å². The van der Waals surface area contributed by atoms with Crippen LogP contribution in [-0.2, 0) is 24.3 Å². The number of morpholine rings is 1. The molecule has 0 radical (unpaired) electrons. The van der Waals surface area contributed by atoms with Gasteiger partial charge in [-0.15, -0.1) is 0 Å². The first-order valence-corrected chi connectivity index (χ1v) is 10.3. The van der Waals surface area contributed by atoms with Crippen molar-refractivity contribution in [2.24, 2.45) is 0 Å². The molecule has 8 nitrogen and oxygen atoms in total. The molecule has 0 aliphatic carbocycles. The molecule has 0 bridgehead atoms. The highest BCUT2D eigenvalue weighted by Gasteiger charge is 2.32. The van der Waals surface area contributed by atoms with E-state index in [0.717, 1.165) is 0 Å². The number of sulfonamides is 1. The highest BCUT2D eigenvalue weighted by molar-refractivity contribution is 7.89. The van der Waals surface area contributed by atoms with Crippen molar-refractivity contribution in [1.29, 1.82) is 0 Å². The monoisotopic (exact) mass is 398 g/mol. The van der Waals surface area contributed by atoms with Gasteiger partial charge in [0.1, 0.15) is 0 Å². The predicted molar refractivity (Wildman–Crippen MR) is 98.8 cm³/mol. The second-order valence-electron chi connectivity index (χ2n) is 6.54. The summed E-state index contributed by atoms with van der Waals surface area (Å²) in [5.41, 5.74) is 0.357. The first kappa shape index (κ1) is 21.3. The molecule has 1 heterocycles. The molecule has 1 saturated heterocycles. The zero-order chi connectivity index (χ0) is 20.0. The quantitative estimate of drug-likeness (QED) is 0.546. The Morgan fingerprint density at radius 1 is 1.19 bits per heavy atom. The Labute approximate surface area is 159 Å². The minimum Gasteiger partial charge on any atom is -0.469 e. The van der Waals surface area contributed by atoms with E-state index in [2.05, 4.69) is 10.1 Å². The topological polar surface area (TPSA) is 102 Å². The number of nitrogens with zero attached hydrogens (tertiary/aromatic N) is 1. The van der Waals surface area contributed by atoms with E-state index in [-0.39, 0.29) is 35.4 Å². The number of nitrogens with one attached hydrogen (secondary N) is 1. The molecule has 1 fully saturated rings. The van der Waals surface area contributed by atoms with Crippen LogP contribution in [0.3, 0.4) is 0 Å². The fourth-order valence-corrected chi connectivity index (χ4v) is 4.48. The molecule has 27 heavy (non-hydrogen) atoms. The van der Waals surface area contributed by atoms with Gasteiger partial charge in [-0.1, -0.05) is 0 Å². The van der Waals surface area contributed by atoms with Crippen LogP contribution in [0.25, 0.3) is 0 Å². The summed E-state index contributed by atoms with van der Waals surface area (Å²) in [6.45, 7) is 4.61. The Morgan fingerprint density at radius 3 is 2.33 bits per heavy atom. The Morgan fingerprint density at radius 2 is 1.78 bits per heavy atom. The lowest BCUT2D eigenvalue weighted by molar-refractivity contribution is -0.140. The molecule has 0 spiro atoms. The molecule has 1 amide bonds. The SMILES string of the molecule is COC(=O)CCCNC(=O)c1ccc(S(=O)(=O)N2C[C@@H](C)O[C@@H](C)C2)cc1. The van der Waals surface area contributed by atoms with Gasteiger partial charge in [-0.3, -0.25) is 9.59 Å². The Kier molecular flexibility index (Phi) is 7.34. The molecule has 150 valence electrons. The average Bonchev–Trinajstić information content (AvgIpc) is 2.64. The summed E-state index contributed by atoms with van der Waals surface area (Å²) in [7, 11) is -2.32. The van der Waals surface area contributed by atoms with Crippen LogP contribution in [0.1, 0.15) is 37.0 Å². The first-order chi connectivity index (χ1) is 12.7. The number of ether oxygens (including phenoxy) is 2. The van der Waals surface area contributed by atoms with E-state index < -0.39 is 10.0 Å². The second-order valence-corrected chi connectivity index (χ2v) is 8.48. The molecule has 1 aliphatic heterocycles. The lowest BCUT2D eigenvalue weighted by atomic mass is 10.2. The van der Waals surface area contributed by atoms with E-state index in [4.69, 9.17) is 4.74 Å². The van der Waals surface area contributed by atoms with E-state index in [0.29, 0.717) is 31.6 Å². The van der Waals surface area contributed by atoms with Crippen molar-refractivity contribution in [3.63, 3.8) is 0 Å². The van der Waals surface area contributed by atoms with E-state index in [1.165, 1.54) is 35.7 Å². The van der Waals surface area contributed by atoms with Gasteiger partial charge in [0.15, 0.2) is 0 Å². The van der Waals surface area contributed by atoms with Crippen molar-refractivity contribution in [2.75, 3.05) is 26.7 Å². The molecule has 0 unspecified atom stereocenters. The number of rotatable bonds is 7. The summed E-state index contributed by atoms with van der Waals surface area (Å²) in [6.07, 6.45) is 0.361. The van der Waals surface area contributed by atoms with Crippen LogP contribution in [0.5, 0.6) is 0 Å².